The number of amides is 1. The third kappa shape index (κ3) is 4.66. The quantitative estimate of drug-likeness (QED) is 0.448. The van der Waals surface area contributed by atoms with Crippen molar-refractivity contribution in [3.8, 4) is 11.5 Å². The van der Waals surface area contributed by atoms with Gasteiger partial charge in [0.2, 0.25) is 0 Å². The van der Waals surface area contributed by atoms with Crippen LogP contribution in [0.4, 0.5) is 0 Å². The number of aromatic nitrogens is 1. The molecule has 0 fully saturated rings. The lowest BCUT2D eigenvalue weighted by molar-refractivity contribution is 0.0950. The van der Waals surface area contributed by atoms with E-state index in [2.05, 4.69) is 38.0 Å². The lowest BCUT2D eigenvalue weighted by Gasteiger charge is -2.12. The third-order valence-electron chi connectivity index (χ3n) is 2.87. The Labute approximate surface area is 148 Å². The molecule has 1 heterocycles. The number of hydrogen-bond donors (Lipinski definition) is 1. The standard InChI is InChI=1S/C17H16BrN3O3/c1-3-8-24-16-13(18)9-12(10-15(16)23-2)11-20-21-17(22)14-6-4-5-7-19-14/h3-7,9-11H,1,8H2,2H3,(H,21,22)/b20-11-. The minimum atomic E-state index is -0.385. The first kappa shape index (κ1) is 17.7. The highest BCUT2D eigenvalue weighted by atomic mass is 79.9. The van der Waals surface area contributed by atoms with E-state index in [1.54, 1.807) is 49.7 Å². The number of benzene rings is 1. The van der Waals surface area contributed by atoms with Gasteiger partial charge in [0, 0.05) is 6.20 Å². The van der Waals surface area contributed by atoms with Gasteiger partial charge in [-0.25, -0.2) is 5.43 Å². The normalized spacial score (nSPS) is 10.4. The highest BCUT2D eigenvalue weighted by Crippen LogP contribution is 2.36. The second kappa shape index (κ2) is 8.83. The van der Waals surface area contributed by atoms with Gasteiger partial charge >= 0.3 is 0 Å². The van der Waals surface area contributed by atoms with E-state index in [9.17, 15) is 4.79 Å². The Kier molecular flexibility index (Phi) is 6.51. The van der Waals surface area contributed by atoms with Crippen LogP contribution in [0.15, 0.2) is 58.8 Å². The minimum absolute atomic E-state index is 0.293. The van der Waals surface area contributed by atoms with Gasteiger partial charge < -0.3 is 9.47 Å². The molecule has 0 spiro atoms. The van der Waals surface area contributed by atoms with E-state index >= 15 is 0 Å². The maximum atomic E-state index is 11.8. The monoisotopic (exact) mass is 389 g/mol. The Morgan fingerprint density at radius 3 is 2.96 bits per heavy atom. The summed E-state index contributed by atoms with van der Waals surface area (Å²) in [5.41, 5.74) is 3.44. The van der Waals surface area contributed by atoms with E-state index in [1.165, 1.54) is 6.21 Å². The minimum Gasteiger partial charge on any atom is -0.493 e. The van der Waals surface area contributed by atoms with Crippen LogP contribution in [0.25, 0.3) is 0 Å². The number of hydrazone groups is 1. The van der Waals surface area contributed by atoms with Crippen molar-refractivity contribution in [2.24, 2.45) is 5.10 Å². The first-order valence-electron chi connectivity index (χ1n) is 7.01. The number of nitrogens with zero attached hydrogens (tertiary/aromatic N) is 2. The molecule has 124 valence electrons. The van der Waals surface area contributed by atoms with Crippen molar-refractivity contribution in [1.82, 2.24) is 10.4 Å². The topological polar surface area (TPSA) is 72.8 Å². The molecule has 2 aromatic rings. The van der Waals surface area contributed by atoms with Crippen molar-refractivity contribution < 1.29 is 14.3 Å². The van der Waals surface area contributed by atoms with Crippen molar-refractivity contribution >= 4 is 28.1 Å². The van der Waals surface area contributed by atoms with E-state index in [0.717, 1.165) is 5.56 Å². The Balaban J connectivity index is 2.10. The summed E-state index contributed by atoms with van der Waals surface area (Å²) in [5.74, 6) is 0.736. The average molecular weight is 390 g/mol. The first-order valence-corrected chi connectivity index (χ1v) is 7.80. The van der Waals surface area contributed by atoms with Gasteiger partial charge in [-0.3, -0.25) is 9.78 Å². The predicted molar refractivity (Wildman–Crippen MR) is 95.7 cm³/mol. The van der Waals surface area contributed by atoms with Crippen LogP contribution >= 0.6 is 15.9 Å². The molecule has 2 rings (SSSR count). The number of rotatable bonds is 7. The largest absolute Gasteiger partial charge is 0.493 e. The number of nitrogens with one attached hydrogen (secondary N) is 1. The number of carbonyl (C=O) groups excluding carboxylic acids is 1. The highest BCUT2D eigenvalue weighted by Gasteiger charge is 2.11. The van der Waals surface area contributed by atoms with Crippen LogP contribution in [-0.4, -0.2) is 30.8 Å². The Morgan fingerprint density at radius 1 is 1.46 bits per heavy atom. The third-order valence-corrected chi connectivity index (χ3v) is 3.46. The number of carbonyl (C=O) groups is 1. The molecule has 1 aromatic carbocycles. The predicted octanol–water partition coefficient (Wildman–Crippen LogP) is 3.18. The lowest BCUT2D eigenvalue weighted by atomic mass is 10.2. The zero-order chi connectivity index (χ0) is 17.4. The summed E-state index contributed by atoms with van der Waals surface area (Å²) >= 11 is 3.43. The van der Waals surface area contributed by atoms with Gasteiger partial charge in [-0.1, -0.05) is 18.7 Å². The van der Waals surface area contributed by atoms with Crippen molar-refractivity contribution in [1.29, 1.82) is 0 Å². The van der Waals surface area contributed by atoms with Crippen LogP contribution in [0.1, 0.15) is 16.1 Å². The molecule has 0 saturated heterocycles. The van der Waals surface area contributed by atoms with Gasteiger partial charge in [0.1, 0.15) is 12.3 Å². The van der Waals surface area contributed by atoms with Gasteiger partial charge in [0.15, 0.2) is 11.5 Å². The van der Waals surface area contributed by atoms with E-state index in [0.29, 0.717) is 28.3 Å². The molecular formula is C17H16BrN3O3. The van der Waals surface area contributed by atoms with Crippen LogP contribution in [0.3, 0.4) is 0 Å². The zero-order valence-electron chi connectivity index (χ0n) is 13.0. The fourth-order valence-electron chi connectivity index (χ4n) is 1.82. The molecule has 0 radical (unpaired) electrons. The highest BCUT2D eigenvalue weighted by molar-refractivity contribution is 9.10. The van der Waals surface area contributed by atoms with E-state index in [1.807, 2.05) is 0 Å². The second-order valence-corrected chi connectivity index (χ2v) is 5.40. The number of methoxy groups -OCH3 is 1. The molecule has 0 aliphatic rings. The van der Waals surface area contributed by atoms with Crippen LogP contribution in [0, 0.1) is 0 Å². The molecule has 1 aromatic heterocycles. The Bertz CT molecular complexity index is 748. The molecule has 0 aliphatic carbocycles. The number of halogens is 1. The van der Waals surface area contributed by atoms with E-state index < -0.39 is 0 Å². The molecule has 0 saturated carbocycles. The maximum Gasteiger partial charge on any atom is 0.289 e. The summed E-state index contributed by atoms with van der Waals surface area (Å²) in [5, 5.41) is 3.93. The van der Waals surface area contributed by atoms with Gasteiger partial charge in [-0.2, -0.15) is 5.10 Å². The molecule has 7 heteroatoms. The fraction of sp³-hybridized carbons (Fsp3) is 0.118. The van der Waals surface area contributed by atoms with Gasteiger partial charge in [0.25, 0.3) is 5.91 Å². The van der Waals surface area contributed by atoms with Crippen molar-refractivity contribution in [2.45, 2.75) is 0 Å². The first-order chi connectivity index (χ1) is 11.7. The summed E-state index contributed by atoms with van der Waals surface area (Å²) in [7, 11) is 1.55. The van der Waals surface area contributed by atoms with Crippen LogP contribution < -0.4 is 14.9 Å². The molecule has 1 amide bonds. The molecule has 0 bridgehead atoms. The van der Waals surface area contributed by atoms with Crippen molar-refractivity contribution in [2.75, 3.05) is 13.7 Å². The lowest BCUT2D eigenvalue weighted by Crippen LogP contribution is -2.18. The molecule has 0 unspecified atom stereocenters. The number of ether oxygens (including phenoxy) is 2. The van der Waals surface area contributed by atoms with Gasteiger partial charge in [0.05, 0.1) is 17.8 Å². The van der Waals surface area contributed by atoms with Crippen molar-refractivity contribution in [3.63, 3.8) is 0 Å². The van der Waals surface area contributed by atoms with Gasteiger partial charge in [-0.05, 0) is 45.8 Å². The van der Waals surface area contributed by atoms with E-state index in [4.69, 9.17) is 9.47 Å². The fourth-order valence-corrected chi connectivity index (χ4v) is 2.39. The summed E-state index contributed by atoms with van der Waals surface area (Å²) < 4.78 is 11.6. The smallest absolute Gasteiger partial charge is 0.289 e. The summed E-state index contributed by atoms with van der Waals surface area (Å²) in [6.07, 6.45) is 4.70. The molecule has 0 aliphatic heterocycles. The molecule has 24 heavy (non-hydrogen) atoms. The average Bonchev–Trinajstić information content (AvgIpc) is 2.61. The SMILES string of the molecule is C=CCOc1c(Br)cc(/C=N\NC(=O)c2ccccn2)cc1OC. The number of pyridine rings is 1. The van der Waals surface area contributed by atoms with Gasteiger partial charge in [-0.15, -0.1) is 0 Å². The van der Waals surface area contributed by atoms with Crippen LogP contribution in [0.2, 0.25) is 0 Å². The Morgan fingerprint density at radius 2 is 2.29 bits per heavy atom. The summed E-state index contributed by atoms with van der Waals surface area (Å²) in [6, 6.07) is 8.63. The summed E-state index contributed by atoms with van der Waals surface area (Å²) in [6.45, 7) is 3.98. The number of hydrogen-bond acceptors (Lipinski definition) is 5. The molecule has 1 N–H and O–H groups in total. The second-order valence-electron chi connectivity index (χ2n) is 4.55. The Hall–Kier alpha value is -2.67. The summed E-state index contributed by atoms with van der Waals surface area (Å²) in [4.78, 5) is 15.8. The van der Waals surface area contributed by atoms with E-state index in [-0.39, 0.29) is 5.91 Å². The molecule has 0 atom stereocenters. The van der Waals surface area contributed by atoms with Crippen molar-refractivity contribution in [3.05, 3.63) is 64.9 Å². The maximum absolute atomic E-state index is 11.8. The van der Waals surface area contributed by atoms with Crippen LogP contribution in [-0.2, 0) is 0 Å². The molecule has 6 nitrogen and oxygen atoms in total. The van der Waals surface area contributed by atoms with Crippen LogP contribution in [0.5, 0.6) is 11.5 Å². The molecular weight excluding hydrogens is 374 g/mol. The zero-order valence-corrected chi connectivity index (χ0v) is 14.6.